The van der Waals surface area contributed by atoms with Crippen molar-refractivity contribution in [1.82, 2.24) is 0 Å². The molecule has 0 aromatic carbocycles. The van der Waals surface area contributed by atoms with Crippen LogP contribution in [0, 0.1) is 0 Å². The fraction of sp³-hybridized carbons (Fsp3) is 0.711. The fourth-order valence-electron chi connectivity index (χ4n) is 10.3. The highest BCUT2D eigenvalue weighted by Gasteiger charge is 2.30. The van der Waals surface area contributed by atoms with E-state index in [1.807, 2.05) is 12.2 Å². The molecule has 586 valence electrons. The lowest BCUT2D eigenvalue weighted by atomic mass is 10.1. The number of rotatable bonds is 74. The second kappa shape index (κ2) is 74.7. The summed E-state index contributed by atoms with van der Waals surface area (Å²) in [7, 11) is -9.98. The van der Waals surface area contributed by atoms with Crippen LogP contribution in [0.25, 0.3) is 0 Å². The second-order valence-electron chi connectivity index (χ2n) is 26.3. The lowest BCUT2D eigenvalue weighted by Crippen LogP contribution is -2.30. The molecule has 17 nitrogen and oxygen atoms in total. The van der Waals surface area contributed by atoms with Crippen LogP contribution in [0.2, 0.25) is 0 Å². The molecule has 0 bridgehead atoms. The quantitative estimate of drug-likeness (QED) is 0.0169. The molecule has 0 saturated carbocycles. The smallest absolute Gasteiger partial charge is 0.462 e. The summed E-state index contributed by atoms with van der Waals surface area (Å²) in [5.74, 6) is -2.27. The van der Waals surface area contributed by atoms with Crippen LogP contribution in [-0.2, 0) is 65.4 Å². The van der Waals surface area contributed by atoms with Crippen molar-refractivity contribution in [2.24, 2.45) is 0 Å². The zero-order valence-corrected chi connectivity index (χ0v) is 65.8. The molecule has 0 radical (unpaired) electrons. The number of aliphatic hydroxyl groups excluding tert-OH is 1. The summed E-state index contributed by atoms with van der Waals surface area (Å²) in [5.41, 5.74) is 0. The third kappa shape index (κ3) is 73.8. The summed E-state index contributed by atoms with van der Waals surface area (Å²) in [4.78, 5) is 72.9. The first kappa shape index (κ1) is 97.5. The molecule has 102 heavy (non-hydrogen) atoms. The van der Waals surface area contributed by atoms with Crippen molar-refractivity contribution < 1.29 is 80.2 Å². The third-order valence-corrected chi connectivity index (χ3v) is 18.3. The van der Waals surface area contributed by atoms with E-state index < -0.39 is 97.5 Å². The number of aliphatic hydroxyl groups is 1. The molecule has 0 spiro atoms. The van der Waals surface area contributed by atoms with Crippen LogP contribution in [0.3, 0.4) is 0 Å². The molecule has 5 unspecified atom stereocenters. The number of esters is 4. The number of carbonyl (C=O) groups is 4. The molecular weight excluding hydrogens is 1330 g/mol. The van der Waals surface area contributed by atoms with Gasteiger partial charge in [0.2, 0.25) is 0 Å². The van der Waals surface area contributed by atoms with Crippen molar-refractivity contribution in [3.8, 4) is 0 Å². The van der Waals surface area contributed by atoms with E-state index in [1.54, 1.807) is 0 Å². The number of phosphoric ester groups is 2. The van der Waals surface area contributed by atoms with Crippen LogP contribution >= 0.6 is 15.6 Å². The third-order valence-electron chi connectivity index (χ3n) is 16.4. The van der Waals surface area contributed by atoms with Gasteiger partial charge >= 0.3 is 39.5 Å². The standard InChI is InChI=1S/C83H142O17P2/c1-5-9-13-17-21-25-29-33-35-37-38-40-42-46-48-52-56-60-64-68-81(86)94-74-79(100-83(88)70-66-62-58-54-50-44-32-28-24-20-16-12-8-4)76-98-102(91,92)96-72-77(84)71-95-101(89,90)97-75-78(99-82(87)69-65-61-57-53-49-43-31-27-23-19-15-11-7-3)73-93-80(85)67-63-59-55-51-47-45-41-39-36-34-30-26-22-18-14-10-6-2/h10,14,21-22,25-28,31-36,38,40-41,45,51,55,77-79,84H,5-9,11-13,15-20,23-24,29-30,37,39,42-44,46-50,52-54,56-76H2,1-4H3,(H,89,90)(H,91,92)/b14-10-,25-21-,26-22-,31-27-,32-28-,35-33-,36-34-,40-38-,45-41-,55-51-. The highest BCUT2D eigenvalue weighted by molar-refractivity contribution is 7.47. The second-order valence-corrected chi connectivity index (χ2v) is 29.2. The Morgan fingerprint density at radius 2 is 0.520 bits per heavy atom. The summed E-state index contributed by atoms with van der Waals surface area (Å²) < 4.78 is 68.5. The topological polar surface area (TPSA) is 237 Å². The van der Waals surface area contributed by atoms with E-state index in [1.165, 1.54) is 70.6 Å². The Labute approximate surface area is 619 Å². The van der Waals surface area contributed by atoms with Crippen LogP contribution in [0.5, 0.6) is 0 Å². The molecule has 0 aromatic rings. The first-order valence-corrected chi connectivity index (χ1v) is 42.8. The van der Waals surface area contributed by atoms with Crippen LogP contribution in [0.15, 0.2) is 122 Å². The molecule has 0 aliphatic rings. The number of unbranched alkanes of at least 4 members (excludes halogenated alkanes) is 28. The predicted octanol–water partition coefficient (Wildman–Crippen LogP) is 23.1. The molecule has 0 rings (SSSR count). The number of phosphoric acid groups is 2. The Morgan fingerprint density at radius 3 is 0.853 bits per heavy atom. The number of ether oxygens (including phenoxy) is 4. The van der Waals surface area contributed by atoms with Gasteiger partial charge in [-0.2, -0.15) is 0 Å². The average molecular weight is 1470 g/mol. The Bertz CT molecular complexity index is 2410. The number of carbonyl (C=O) groups excluding carboxylic acids is 4. The van der Waals surface area contributed by atoms with Gasteiger partial charge in [0.1, 0.15) is 19.3 Å². The fourth-order valence-corrected chi connectivity index (χ4v) is 11.9. The maximum absolute atomic E-state index is 13.1. The molecule has 0 saturated heterocycles. The molecule has 0 aromatic heterocycles. The van der Waals surface area contributed by atoms with Gasteiger partial charge in [0.15, 0.2) is 12.2 Å². The molecule has 0 fully saturated rings. The van der Waals surface area contributed by atoms with E-state index in [-0.39, 0.29) is 25.7 Å². The monoisotopic (exact) mass is 1470 g/mol. The minimum absolute atomic E-state index is 0.0706. The normalized spacial score (nSPS) is 14.5. The van der Waals surface area contributed by atoms with Crippen LogP contribution in [0.1, 0.15) is 323 Å². The summed E-state index contributed by atoms with van der Waals surface area (Å²) >= 11 is 0. The molecule has 3 N–H and O–H groups in total. The largest absolute Gasteiger partial charge is 0.472 e. The van der Waals surface area contributed by atoms with Gasteiger partial charge in [-0.15, -0.1) is 0 Å². The number of hydrogen-bond acceptors (Lipinski definition) is 15. The van der Waals surface area contributed by atoms with E-state index >= 15 is 0 Å². The lowest BCUT2D eigenvalue weighted by molar-refractivity contribution is -0.161. The van der Waals surface area contributed by atoms with Crippen molar-refractivity contribution in [2.45, 2.75) is 341 Å². The molecule has 19 heteroatoms. The number of hydrogen-bond donors (Lipinski definition) is 3. The van der Waals surface area contributed by atoms with Gasteiger partial charge < -0.3 is 33.8 Å². The molecular formula is C83H142O17P2. The lowest BCUT2D eigenvalue weighted by Gasteiger charge is -2.21. The number of allylic oxidation sites excluding steroid dienone is 20. The first-order valence-electron chi connectivity index (χ1n) is 39.8. The Kier molecular flexibility index (Phi) is 71.4. The molecule has 0 heterocycles. The summed E-state index contributed by atoms with van der Waals surface area (Å²) in [6.45, 7) is 4.62. The van der Waals surface area contributed by atoms with Crippen LogP contribution in [-0.4, -0.2) is 96.7 Å². The highest BCUT2D eigenvalue weighted by atomic mass is 31.2. The minimum Gasteiger partial charge on any atom is -0.462 e. The van der Waals surface area contributed by atoms with Gasteiger partial charge in [0.05, 0.1) is 26.4 Å². The SMILES string of the molecule is CC/C=C\C/C=C\C/C=C\C/C=C\C/C=C\CCCC(=O)OCC(COP(=O)(O)OCC(O)COP(=O)(O)OCC(COC(=O)CCCCCCCC/C=C\C/C=C\C/C=C\CCCCC)OC(=O)CCCCCCC/C=C\CCCCCC)OC(=O)CCCCCCC/C=C\CCCCCC. The Hall–Kier alpha value is -4.54. The van der Waals surface area contributed by atoms with Crippen molar-refractivity contribution in [3.63, 3.8) is 0 Å². The van der Waals surface area contributed by atoms with Crippen molar-refractivity contribution >= 4 is 39.5 Å². The average Bonchev–Trinajstić information content (AvgIpc) is 0.907. The van der Waals surface area contributed by atoms with E-state index in [4.69, 9.17) is 37.0 Å². The van der Waals surface area contributed by atoms with Crippen molar-refractivity contribution in [3.05, 3.63) is 122 Å². The minimum atomic E-state index is -4.99. The van der Waals surface area contributed by atoms with Gasteiger partial charge in [-0.25, -0.2) is 9.13 Å². The Morgan fingerprint density at radius 1 is 0.284 bits per heavy atom. The molecule has 0 aliphatic heterocycles. The predicted molar refractivity (Wildman–Crippen MR) is 418 cm³/mol. The van der Waals surface area contributed by atoms with E-state index in [0.29, 0.717) is 32.1 Å². The van der Waals surface area contributed by atoms with Crippen molar-refractivity contribution in [1.29, 1.82) is 0 Å². The maximum Gasteiger partial charge on any atom is 0.472 e. The maximum atomic E-state index is 13.1. The van der Waals surface area contributed by atoms with Crippen LogP contribution < -0.4 is 0 Å². The first-order chi connectivity index (χ1) is 49.7. The zero-order valence-electron chi connectivity index (χ0n) is 64.0. The van der Waals surface area contributed by atoms with E-state index in [9.17, 15) is 43.2 Å². The highest BCUT2D eigenvalue weighted by Crippen LogP contribution is 2.45. The summed E-state index contributed by atoms with van der Waals surface area (Å²) in [6.07, 6.45) is 81.8. The van der Waals surface area contributed by atoms with Gasteiger partial charge in [-0.05, 0) is 154 Å². The van der Waals surface area contributed by atoms with Crippen LogP contribution in [0.4, 0.5) is 0 Å². The van der Waals surface area contributed by atoms with Crippen molar-refractivity contribution in [2.75, 3.05) is 39.6 Å². The van der Waals surface area contributed by atoms with Gasteiger partial charge in [0.25, 0.3) is 0 Å². The molecule has 0 amide bonds. The zero-order chi connectivity index (χ0) is 74.6. The van der Waals surface area contributed by atoms with Gasteiger partial charge in [-0.3, -0.25) is 37.3 Å². The summed E-state index contributed by atoms with van der Waals surface area (Å²) in [6, 6.07) is 0. The van der Waals surface area contributed by atoms with E-state index in [2.05, 4.69) is 137 Å². The molecule has 5 atom stereocenters. The molecule has 0 aliphatic carbocycles. The van der Waals surface area contributed by atoms with E-state index in [0.717, 1.165) is 167 Å². The Balaban J connectivity index is 5.39. The van der Waals surface area contributed by atoms with Gasteiger partial charge in [-0.1, -0.05) is 265 Å². The van der Waals surface area contributed by atoms with Gasteiger partial charge in [0, 0.05) is 25.7 Å². The summed E-state index contributed by atoms with van der Waals surface area (Å²) in [5, 5.41) is 10.6.